The van der Waals surface area contributed by atoms with Gasteiger partial charge in [0.15, 0.2) is 0 Å². The fourth-order valence-electron chi connectivity index (χ4n) is 4.01. The first-order valence-electron chi connectivity index (χ1n) is 7.70. The van der Waals surface area contributed by atoms with Crippen molar-refractivity contribution in [2.24, 2.45) is 5.92 Å². The molecule has 102 valence electrons. The van der Waals surface area contributed by atoms with Gasteiger partial charge in [-0.2, -0.15) is 0 Å². The van der Waals surface area contributed by atoms with Crippen LogP contribution in [0, 0.1) is 5.92 Å². The topological polar surface area (TPSA) is 40.5 Å². The van der Waals surface area contributed by atoms with Gasteiger partial charge in [-0.25, -0.2) is 0 Å². The fraction of sp³-hybridized carbons (Fsp3) is 0.933. The highest BCUT2D eigenvalue weighted by atomic mass is 16.3. The first-order chi connectivity index (χ1) is 8.68. The molecule has 3 aliphatic rings. The lowest BCUT2D eigenvalue weighted by Crippen LogP contribution is -2.45. The Bertz CT molecular complexity index is 318. The molecule has 1 amide bonds. The molecule has 1 atom stereocenters. The second-order valence-corrected chi connectivity index (χ2v) is 6.60. The molecule has 3 nitrogen and oxygen atoms in total. The number of hydrogen-bond acceptors (Lipinski definition) is 2. The zero-order valence-electron chi connectivity index (χ0n) is 11.2. The normalized spacial score (nSPS) is 31.6. The molecule has 1 heterocycles. The number of carbonyl (C=O) groups excluding carboxylic acids is 1. The standard InChI is InChI=1S/C15H25NO2/c17-14(11-15(18)8-1-2-9-15)16-10-4-7-13(16)12-5-3-6-12/h12-13,18H,1-11H2. The zero-order chi connectivity index (χ0) is 12.6. The van der Waals surface area contributed by atoms with Crippen molar-refractivity contribution < 1.29 is 9.90 Å². The quantitative estimate of drug-likeness (QED) is 0.837. The minimum absolute atomic E-state index is 0.216. The van der Waals surface area contributed by atoms with Crippen molar-refractivity contribution >= 4 is 5.91 Å². The molecule has 0 aromatic carbocycles. The summed E-state index contributed by atoms with van der Waals surface area (Å²) < 4.78 is 0. The molecule has 2 aliphatic carbocycles. The first kappa shape index (κ1) is 12.5. The molecule has 1 aliphatic heterocycles. The highest BCUT2D eigenvalue weighted by molar-refractivity contribution is 5.78. The Kier molecular flexibility index (Phi) is 3.35. The number of aliphatic hydroxyl groups is 1. The van der Waals surface area contributed by atoms with Crippen molar-refractivity contribution in [3.05, 3.63) is 0 Å². The van der Waals surface area contributed by atoms with Gasteiger partial charge in [-0.15, -0.1) is 0 Å². The van der Waals surface area contributed by atoms with Crippen LogP contribution in [-0.4, -0.2) is 34.1 Å². The van der Waals surface area contributed by atoms with Crippen LogP contribution in [0.25, 0.3) is 0 Å². The summed E-state index contributed by atoms with van der Waals surface area (Å²) in [4.78, 5) is 14.5. The van der Waals surface area contributed by atoms with E-state index in [1.807, 2.05) is 0 Å². The molecular formula is C15H25NO2. The van der Waals surface area contributed by atoms with Gasteiger partial charge in [-0.1, -0.05) is 19.3 Å². The molecule has 0 aromatic rings. The lowest BCUT2D eigenvalue weighted by Gasteiger charge is -2.38. The van der Waals surface area contributed by atoms with Crippen LogP contribution < -0.4 is 0 Å². The third-order valence-electron chi connectivity index (χ3n) is 5.33. The maximum absolute atomic E-state index is 12.4. The van der Waals surface area contributed by atoms with E-state index in [4.69, 9.17) is 0 Å². The van der Waals surface area contributed by atoms with Crippen molar-refractivity contribution in [1.29, 1.82) is 0 Å². The Balaban J connectivity index is 1.60. The summed E-state index contributed by atoms with van der Waals surface area (Å²) in [5.74, 6) is 0.975. The van der Waals surface area contributed by atoms with E-state index in [9.17, 15) is 9.90 Å². The maximum Gasteiger partial charge on any atom is 0.225 e. The molecule has 0 bridgehead atoms. The van der Waals surface area contributed by atoms with Gasteiger partial charge in [-0.3, -0.25) is 4.79 Å². The summed E-state index contributed by atoms with van der Waals surface area (Å²) in [6.45, 7) is 0.927. The van der Waals surface area contributed by atoms with Gasteiger partial charge in [-0.05, 0) is 44.4 Å². The van der Waals surface area contributed by atoms with Gasteiger partial charge in [0.2, 0.25) is 5.91 Å². The average Bonchev–Trinajstić information content (AvgIpc) is 2.85. The number of amides is 1. The number of nitrogens with zero attached hydrogens (tertiary/aromatic N) is 1. The Morgan fingerprint density at radius 3 is 2.44 bits per heavy atom. The van der Waals surface area contributed by atoms with Crippen LogP contribution in [0.3, 0.4) is 0 Å². The molecular weight excluding hydrogens is 226 g/mol. The number of likely N-dealkylation sites (tertiary alicyclic amines) is 1. The molecule has 1 N–H and O–H groups in total. The van der Waals surface area contributed by atoms with Crippen LogP contribution in [0.5, 0.6) is 0 Å². The van der Waals surface area contributed by atoms with E-state index in [2.05, 4.69) is 4.90 Å². The number of hydrogen-bond donors (Lipinski definition) is 1. The van der Waals surface area contributed by atoms with Crippen LogP contribution in [0.2, 0.25) is 0 Å². The summed E-state index contributed by atoms with van der Waals surface area (Å²) in [6.07, 6.45) is 10.5. The van der Waals surface area contributed by atoms with Gasteiger partial charge >= 0.3 is 0 Å². The van der Waals surface area contributed by atoms with Crippen LogP contribution in [-0.2, 0) is 4.79 Å². The van der Waals surface area contributed by atoms with Crippen LogP contribution in [0.4, 0.5) is 0 Å². The second-order valence-electron chi connectivity index (χ2n) is 6.60. The molecule has 0 spiro atoms. The van der Waals surface area contributed by atoms with Crippen molar-refractivity contribution in [1.82, 2.24) is 4.90 Å². The van der Waals surface area contributed by atoms with E-state index in [1.165, 1.54) is 25.7 Å². The maximum atomic E-state index is 12.4. The van der Waals surface area contributed by atoms with Gasteiger partial charge < -0.3 is 10.0 Å². The smallest absolute Gasteiger partial charge is 0.225 e. The number of rotatable bonds is 3. The van der Waals surface area contributed by atoms with Crippen molar-refractivity contribution in [3.63, 3.8) is 0 Å². The zero-order valence-corrected chi connectivity index (χ0v) is 11.2. The highest BCUT2D eigenvalue weighted by Gasteiger charge is 2.40. The summed E-state index contributed by atoms with van der Waals surface area (Å²) in [7, 11) is 0. The first-order valence-corrected chi connectivity index (χ1v) is 7.70. The van der Waals surface area contributed by atoms with E-state index in [0.717, 1.165) is 44.6 Å². The molecule has 2 saturated carbocycles. The van der Waals surface area contributed by atoms with Crippen molar-refractivity contribution in [2.45, 2.75) is 75.9 Å². The predicted molar refractivity (Wildman–Crippen MR) is 70.1 cm³/mol. The summed E-state index contributed by atoms with van der Waals surface area (Å²) >= 11 is 0. The SMILES string of the molecule is O=C(CC1(O)CCCC1)N1CCCC1C1CCC1. The monoisotopic (exact) mass is 251 g/mol. The van der Waals surface area contributed by atoms with Crippen LogP contribution in [0.1, 0.15) is 64.2 Å². The van der Waals surface area contributed by atoms with E-state index in [0.29, 0.717) is 12.5 Å². The van der Waals surface area contributed by atoms with E-state index in [-0.39, 0.29) is 5.91 Å². The Morgan fingerprint density at radius 1 is 1.11 bits per heavy atom. The van der Waals surface area contributed by atoms with Crippen molar-refractivity contribution in [2.75, 3.05) is 6.54 Å². The van der Waals surface area contributed by atoms with E-state index < -0.39 is 5.60 Å². The van der Waals surface area contributed by atoms with Gasteiger partial charge in [0.1, 0.15) is 0 Å². The predicted octanol–water partition coefficient (Wildman–Crippen LogP) is 2.47. The lowest BCUT2D eigenvalue weighted by molar-refractivity contribution is -0.138. The van der Waals surface area contributed by atoms with Gasteiger partial charge in [0.25, 0.3) is 0 Å². The minimum Gasteiger partial charge on any atom is -0.389 e. The molecule has 0 aromatic heterocycles. The largest absolute Gasteiger partial charge is 0.389 e. The van der Waals surface area contributed by atoms with Gasteiger partial charge in [0.05, 0.1) is 12.0 Å². The average molecular weight is 251 g/mol. The van der Waals surface area contributed by atoms with Crippen LogP contribution >= 0.6 is 0 Å². The lowest BCUT2D eigenvalue weighted by atomic mass is 9.78. The van der Waals surface area contributed by atoms with Crippen molar-refractivity contribution in [3.8, 4) is 0 Å². The molecule has 1 saturated heterocycles. The van der Waals surface area contributed by atoms with E-state index in [1.54, 1.807) is 0 Å². The summed E-state index contributed by atoms with van der Waals surface area (Å²) in [5, 5.41) is 10.4. The fourth-order valence-corrected chi connectivity index (χ4v) is 4.01. The van der Waals surface area contributed by atoms with Crippen LogP contribution in [0.15, 0.2) is 0 Å². The molecule has 3 rings (SSSR count). The third-order valence-corrected chi connectivity index (χ3v) is 5.33. The third kappa shape index (κ3) is 2.29. The second kappa shape index (κ2) is 4.84. The summed E-state index contributed by atoms with van der Waals surface area (Å²) in [5.41, 5.74) is -0.677. The summed E-state index contributed by atoms with van der Waals surface area (Å²) in [6, 6.07) is 0.497. The Labute approximate surface area is 110 Å². The Morgan fingerprint density at radius 2 is 1.83 bits per heavy atom. The molecule has 1 unspecified atom stereocenters. The molecule has 3 fully saturated rings. The van der Waals surface area contributed by atoms with E-state index >= 15 is 0 Å². The number of carbonyl (C=O) groups is 1. The molecule has 3 heteroatoms. The highest BCUT2D eigenvalue weighted by Crippen LogP contribution is 2.39. The molecule has 0 radical (unpaired) electrons. The van der Waals surface area contributed by atoms with Gasteiger partial charge in [0, 0.05) is 12.6 Å². The minimum atomic E-state index is -0.677. The Hall–Kier alpha value is -0.570. The molecule has 18 heavy (non-hydrogen) atoms.